The van der Waals surface area contributed by atoms with Crippen molar-refractivity contribution in [3.8, 4) is 0 Å². The summed E-state index contributed by atoms with van der Waals surface area (Å²) in [6, 6.07) is 17.4. The highest BCUT2D eigenvalue weighted by atomic mass is 16.6. The van der Waals surface area contributed by atoms with E-state index in [1.165, 1.54) is 5.56 Å². The number of hydrogen-bond donors (Lipinski definition) is 2. The molecule has 1 saturated carbocycles. The second-order valence-electron chi connectivity index (χ2n) is 6.36. The van der Waals surface area contributed by atoms with Crippen LogP contribution in [0.3, 0.4) is 0 Å². The number of non-ortho nitro benzene ring substituents is 1. The summed E-state index contributed by atoms with van der Waals surface area (Å²) in [6.07, 6.45) is 1.79. The number of nitrogens with one attached hydrogen (secondary N) is 1. The van der Waals surface area contributed by atoms with Crippen LogP contribution in [-0.4, -0.2) is 11.0 Å². The van der Waals surface area contributed by atoms with Crippen molar-refractivity contribution >= 4 is 5.69 Å². The number of benzene rings is 2. The minimum atomic E-state index is -0.379. The molecule has 3 rings (SSSR count). The van der Waals surface area contributed by atoms with Gasteiger partial charge in [-0.25, -0.2) is 0 Å². The van der Waals surface area contributed by atoms with Crippen molar-refractivity contribution in [2.75, 3.05) is 0 Å². The van der Waals surface area contributed by atoms with Crippen LogP contribution in [0.2, 0.25) is 0 Å². The maximum absolute atomic E-state index is 10.7. The summed E-state index contributed by atoms with van der Waals surface area (Å²) in [7, 11) is 0. The SMILES string of the molecule is C[C@H](NC1CC(N)(c2ccccc2)C1)c1ccc([N+](=O)[O-])cc1. The molecule has 3 N–H and O–H groups in total. The molecule has 5 nitrogen and oxygen atoms in total. The van der Waals surface area contributed by atoms with Crippen molar-refractivity contribution in [1.82, 2.24) is 5.32 Å². The monoisotopic (exact) mass is 311 g/mol. The second-order valence-corrected chi connectivity index (χ2v) is 6.36. The van der Waals surface area contributed by atoms with Gasteiger partial charge >= 0.3 is 0 Å². The van der Waals surface area contributed by atoms with Gasteiger partial charge < -0.3 is 11.1 Å². The number of rotatable bonds is 5. The topological polar surface area (TPSA) is 81.2 Å². The van der Waals surface area contributed by atoms with E-state index in [9.17, 15) is 10.1 Å². The molecule has 120 valence electrons. The largest absolute Gasteiger partial charge is 0.321 e. The standard InChI is InChI=1S/C18H21N3O2/c1-13(14-7-9-17(10-8-14)21(22)23)20-16-11-18(19,12-16)15-5-3-2-4-6-15/h2-10,13,16,20H,11-12,19H2,1H3/t13-,16?,18?/m0/s1. The van der Waals surface area contributed by atoms with E-state index in [4.69, 9.17) is 5.73 Å². The summed E-state index contributed by atoms with van der Waals surface area (Å²) in [5, 5.41) is 14.3. The van der Waals surface area contributed by atoms with Crippen molar-refractivity contribution in [1.29, 1.82) is 0 Å². The predicted octanol–water partition coefficient (Wildman–Crippen LogP) is 3.26. The van der Waals surface area contributed by atoms with Gasteiger partial charge in [0.05, 0.1) is 4.92 Å². The Hall–Kier alpha value is -2.24. The number of nitrogens with zero attached hydrogens (tertiary/aromatic N) is 1. The van der Waals surface area contributed by atoms with Gasteiger partial charge in [-0.1, -0.05) is 42.5 Å². The molecule has 0 radical (unpaired) electrons. The van der Waals surface area contributed by atoms with Crippen LogP contribution >= 0.6 is 0 Å². The molecule has 0 spiro atoms. The number of nitrogens with two attached hydrogens (primary N) is 1. The average Bonchev–Trinajstić information content (AvgIpc) is 2.54. The Bertz CT molecular complexity index is 679. The Morgan fingerprint density at radius 3 is 2.35 bits per heavy atom. The van der Waals surface area contributed by atoms with Gasteiger partial charge in [0, 0.05) is 29.8 Å². The van der Waals surface area contributed by atoms with E-state index < -0.39 is 0 Å². The van der Waals surface area contributed by atoms with Crippen LogP contribution in [0.25, 0.3) is 0 Å². The molecule has 0 aliphatic heterocycles. The van der Waals surface area contributed by atoms with E-state index in [1.807, 2.05) is 18.2 Å². The van der Waals surface area contributed by atoms with Gasteiger partial charge in [-0.15, -0.1) is 0 Å². The van der Waals surface area contributed by atoms with Crippen molar-refractivity contribution in [3.05, 3.63) is 75.8 Å². The van der Waals surface area contributed by atoms with Gasteiger partial charge in [0.2, 0.25) is 0 Å². The Balaban J connectivity index is 1.58. The van der Waals surface area contributed by atoms with Crippen LogP contribution in [0.15, 0.2) is 54.6 Å². The van der Waals surface area contributed by atoms with Crippen molar-refractivity contribution < 1.29 is 4.92 Å². The molecule has 0 aromatic heterocycles. The summed E-state index contributed by atoms with van der Waals surface area (Å²) in [5.41, 5.74) is 8.57. The third-order valence-electron chi connectivity index (χ3n) is 4.66. The summed E-state index contributed by atoms with van der Waals surface area (Å²) in [6.45, 7) is 2.07. The molecule has 1 fully saturated rings. The highest BCUT2D eigenvalue weighted by Gasteiger charge is 2.42. The van der Waals surface area contributed by atoms with Gasteiger partial charge in [-0.05, 0) is 30.9 Å². The fourth-order valence-electron chi connectivity index (χ4n) is 3.28. The summed E-state index contributed by atoms with van der Waals surface area (Å²) >= 11 is 0. The molecule has 5 heteroatoms. The molecule has 23 heavy (non-hydrogen) atoms. The number of nitro groups is 1. The first kappa shape index (κ1) is 15.6. The third-order valence-corrected chi connectivity index (χ3v) is 4.66. The van der Waals surface area contributed by atoms with Gasteiger partial charge in [0.1, 0.15) is 0 Å². The number of nitro benzene ring substituents is 1. The van der Waals surface area contributed by atoms with Gasteiger partial charge in [-0.3, -0.25) is 10.1 Å². The normalized spacial score (nSPS) is 24.7. The predicted molar refractivity (Wildman–Crippen MR) is 90.0 cm³/mol. The van der Waals surface area contributed by atoms with Crippen LogP contribution in [0.4, 0.5) is 5.69 Å². The Morgan fingerprint density at radius 1 is 1.17 bits per heavy atom. The Kier molecular flexibility index (Phi) is 4.15. The van der Waals surface area contributed by atoms with Crippen LogP contribution in [0.1, 0.15) is 36.9 Å². The van der Waals surface area contributed by atoms with E-state index >= 15 is 0 Å². The smallest absolute Gasteiger partial charge is 0.269 e. The molecule has 0 bridgehead atoms. The lowest BCUT2D eigenvalue weighted by Gasteiger charge is -2.46. The highest BCUT2D eigenvalue weighted by molar-refractivity contribution is 5.34. The average molecular weight is 311 g/mol. The summed E-state index contributed by atoms with van der Waals surface area (Å²) in [4.78, 5) is 10.3. The van der Waals surface area contributed by atoms with Crippen molar-refractivity contribution in [2.24, 2.45) is 5.73 Å². The maximum atomic E-state index is 10.7. The molecule has 0 amide bonds. The zero-order chi connectivity index (χ0) is 16.4. The molecule has 2 aromatic rings. The second kappa shape index (κ2) is 6.10. The first-order valence-electron chi connectivity index (χ1n) is 7.83. The molecule has 0 unspecified atom stereocenters. The summed E-state index contributed by atoms with van der Waals surface area (Å²) < 4.78 is 0. The first-order valence-corrected chi connectivity index (χ1v) is 7.83. The minimum Gasteiger partial charge on any atom is -0.321 e. The van der Waals surface area contributed by atoms with Crippen LogP contribution < -0.4 is 11.1 Å². The van der Waals surface area contributed by atoms with E-state index in [0.29, 0.717) is 6.04 Å². The van der Waals surface area contributed by atoms with Crippen LogP contribution in [-0.2, 0) is 5.54 Å². The lowest BCUT2D eigenvalue weighted by molar-refractivity contribution is -0.384. The van der Waals surface area contributed by atoms with Crippen molar-refractivity contribution in [2.45, 2.75) is 37.4 Å². The highest BCUT2D eigenvalue weighted by Crippen LogP contribution is 2.39. The van der Waals surface area contributed by atoms with Gasteiger partial charge in [-0.2, -0.15) is 0 Å². The fourth-order valence-corrected chi connectivity index (χ4v) is 3.28. The summed E-state index contributed by atoms with van der Waals surface area (Å²) in [5.74, 6) is 0. The van der Waals surface area contributed by atoms with E-state index in [-0.39, 0.29) is 22.2 Å². The van der Waals surface area contributed by atoms with Crippen molar-refractivity contribution in [3.63, 3.8) is 0 Å². The van der Waals surface area contributed by atoms with E-state index in [0.717, 1.165) is 18.4 Å². The quantitative estimate of drug-likeness (QED) is 0.656. The molecule has 1 atom stereocenters. The maximum Gasteiger partial charge on any atom is 0.269 e. The minimum absolute atomic E-state index is 0.120. The Labute approximate surface area is 135 Å². The molecular formula is C18H21N3O2. The van der Waals surface area contributed by atoms with Crippen LogP contribution in [0.5, 0.6) is 0 Å². The van der Waals surface area contributed by atoms with Gasteiger partial charge in [0.25, 0.3) is 5.69 Å². The molecule has 0 saturated heterocycles. The Morgan fingerprint density at radius 2 is 1.78 bits per heavy atom. The van der Waals surface area contributed by atoms with E-state index in [2.05, 4.69) is 24.4 Å². The fraction of sp³-hybridized carbons (Fsp3) is 0.333. The molecule has 2 aromatic carbocycles. The third kappa shape index (κ3) is 3.25. The first-order chi connectivity index (χ1) is 11.0. The zero-order valence-electron chi connectivity index (χ0n) is 13.1. The lowest BCUT2D eigenvalue weighted by atomic mass is 9.69. The molecule has 1 aliphatic rings. The molecule has 0 heterocycles. The molecular weight excluding hydrogens is 290 g/mol. The van der Waals surface area contributed by atoms with E-state index in [1.54, 1.807) is 24.3 Å². The van der Waals surface area contributed by atoms with Crippen LogP contribution in [0, 0.1) is 10.1 Å². The van der Waals surface area contributed by atoms with Gasteiger partial charge in [0.15, 0.2) is 0 Å². The lowest BCUT2D eigenvalue weighted by Crippen LogP contribution is -2.57. The molecule has 1 aliphatic carbocycles. The zero-order valence-corrected chi connectivity index (χ0v) is 13.1. The number of hydrogen-bond acceptors (Lipinski definition) is 4.